The van der Waals surface area contributed by atoms with E-state index in [1.807, 2.05) is 36.4 Å². The van der Waals surface area contributed by atoms with E-state index in [2.05, 4.69) is 36.9 Å². The van der Waals surface area contributed by atoms with Crippen molar-refractivity contribution in [3.8, 4) is 11.1 Å². The Morgan fingerprint density at radius 3 is 2.46 bits per heavy atom. The molecule has 1 nitrogen and oxygen atoms in total. The summed E-state index contributed by atoms with van der Waals surface area (Å²) in [6.07, 6.45) is 8.78. The predicted octanol–water partition coefficient (Wildman–Crippen LogP) is 6.94. The van der Waals surface area contributed by atoms with Crippen molar-refractivity contribution in [2.75, 3.05) is 0 Å². The minimum absolute atomic E-state index is 0.217. The molecule has 0 amide bonds. The zero-order chi connectivity index (χ0) is 19.9. The molecule has 1 atom stereocenters. The van der Waals surface area contributed by atoms with Crippen molar-refractivity contribution >= 4 is 16.8 Å². The van der Waals surface area contributed by atoms with Crippen LogP contribution in [0.3, 0.4) is 0 Å². The maximum Gasteiger partial charge on any atom is 0.131 e. The Morgan fingerprint density at radius 1 is 1.00 bits per heavy atom. The van der Waals surface area contributed by atoms with Gasteiger partial charge in [-0.2, -0.15) is 0 Å². The van der Waals surface area contributed by atoms with Gasteiger partial charge in [0, 0.05) is 5.56 Å². The van der Waals surface area contributed by atoms with Gasteiger partial charge in [-0.3, -0.25) is 0 Å². The molecule has 1 unspecified atom stereocenters. The topological polar surface area (TPSA) is 20.2 Å². The number of hydrogen-bond acceptors (Lipinski definition) is 1. The Hall–Kier alpha value is -2.71. The van der Waals surface area contributed by atoms with E-state index in [4.69, 9.17) is 0 Å². The molecule has 0 aromatic heterocycles. The summed E-state index contributed by atoms with van der Waals surface area (Å²) in [7, 11) is 0. The van der Waals surface area contributed by atoms with Crippen molar-refractivity contribution in [2.45, 2.75) is 38.7 Å². The van der Waals surface area contributed by atoms with Crippen molar-refractivity contribution in [2.24, 2.45) is 0 Å². The highest BCUT2D eigenvalue weighted by molar-refractivity contribution is 5.88. The second-order valence-corrected chi connectivity index (χ2v) is 7.31. The Bertz CT molecular complexity index is 985. The Kier molecular flexibility index (Phi) is 6.78. The second-order valence-electron chi connectivity index (χ2n) is 7.31. The lowest BCUT2D eigenvalue weighted by Crippen LogP contribution is -1.97. The molecule has 0 spiro atoms. The molecule has 3 aromatic carbocycles. The van der Waals surface area contributed by atoms with Crippen LogP contribution in [-0.4, -0.2) is 11.2 Å². The summed E-state index contributed by atoms with van der Waals surface area (Å²) in [5, 5.41) is 11.6. The standard InChI is InChI=1S/C26H27FO/c1-3-7-20-10-11-23-17-24(15-14-22(23)16-20)25-13-12-21(26(27)18-25)9-6-4-5-8-19(2)28/h3,6,9-19,28H,1,4-5,7-8H2,2H3. The van der Waals surface area contributed by atoms with Crippen LogP contribution < -0.4 is 0 Å². The smallest absolute Gasteiger partial charge is 0.131 e. The Balaban J connectivity index is 1.76. The first kappa shape index (κ1) is 20.0. The first-order chi connectivity index (χ1) is 13.6. The first-order valence-electron chi connectivity index (χ1n) is 9.85. The number of unbranched alkanes of at least 4 members (excludes halogenated alkanes) is 1. The molecule has 0 saturated carbocycles. The second kappa shape index (κ2) is 9.48. The quantitative estimate of drug-likeness (QED) is 0.334. The van der Waals surface area contributed by atoms with E-state index in [-0.39, 0.29) is 11.9 Å². The third-order valence-electron chi connectivity index (χ3n) is 4.91. The van der Waals surface area contributed by atoms with Gasteiger partial charge < -0.3 is 5.11 Å². The van der Waals surface area contributed by atoms with E-state index in [0.717, 1.165) is 42.2 Å². The highest BCUT2D eigenvalue weighted by atomic mass is 19.1. The lowest BCUT2D eigenvalue weighted by Gasteiger charge is -2.07. The number of halogens is 1. The molecule has 1 N–H and O–H groups in total. The maximum absolute atomic E-state index is 14.5. The van der Waals surface area contributed by atoms with Gasteiger partial charge in [-0.15, -0.1) is 6.58 Å². The molecule has 0 radical (unpaired) electrons. The maximum atomic E-state index is 14.5. The minimum Gasteiger partial charge on any atom is -0.393 e. The van der Waals surface area contributed by atoms with E-state index in [0.29, 0.717) is 5.56 Å². The van der Waals surface area contributed by atoms with Gasteiger partial charge in [0.05, 0.1) is 6.10 Å². The molecule has 0 aliphatic heterocycles. The molecule has 0 bridgehead atoms. The summed E-state index contributed by atoms with van der Waals surface area (Å²) in [4.78, 5) is 0. The Morgan fingerprint density at radius 2 is 1.71 bits per heavy atom. The predicted molar refractivity (Wildman–Crippen MR) is 118 cm³/mol. The van der Waals surface area contributed by atoms with Crippen LogP contribution in [0.5, 0.6) is 0 Å². The van der Waals surface area contributed by atoms with Crippen LogP contribution >= 0.6 is 0 Å². The van der Waals surface area contributed by atoms with Crippen LogP contribution in [0.15, 0.2) is 73.3 Å². The fourth-order valence-corrected chi connectivity index (χ4v) is 3.35. The van der Waals surface area contributed by atoms with Crippen LogP contribution in [0.2, 0.25) is 0 Å². The summed E-state index contributed by atoms with van der Waals surface area (Å²) >= 11 is 0. The number of hydrogen-bond donors (Lipinski definition) is 1. The molecular weight excluding hydrogens is 347 g/mol. The van der Waals surface area contributed by atoms with Crippen LogP contribution in [0.1, 0.15) is 37.3 Å². The summed E-state index contributed by atoms with van der Waals surface area (Å²) in [6.45, 7) is 5.58. The molecule has 0 saturated heterocycles. The number of aliphatic hydroxyl groups is 1. The van der Waals surface area contributed by atoms with Crippen molar-refractivity contribution in [1.29, 1.82) is 0 Å². The van der Waals surface area contributed by atoms with E-state index in [9.17, 15) is 9.50 Å². The molecule has 0 heterocycles. The zero-order valence-corrected chi connectivity index (χ0v) is 16.4. The van der Waals surface area contributed by atoms with Gasteiger partial charge in [0.2, 0.25) is 0 Å². The average Bonchev–Trinajstić information content (AvgIpc) is 2.68. The normalized spacial score (nSPS) is 12.5. The van der Waals surface area contributed by atoms with E-state index in [1.54, 1.807) is 13.0 Å². The largest absolute Gasteiger partial charge is 0.393 e. The summed E-state index contributed by atoms with van der Waals surface area (Å²) in [5.74, 6) is -0.217. The molecule has 144 valence electrons. The van der Waals surface area contributed by atoms with Gasteiger partial charge in [-0.1, -0.05) is 60.7 Å². The summed E-state index contributed by atoms with van der Waals surface area (Å²) in [6, 6.07) is 18.0. The highest BCUT2D eigenvalue weighted by Crippen LogP contribution is 2.27. The molecule has 0 aliphatic carbocycles. The molecule has 2 heteroatoms. The SMILES string of the molecule is C=CCc1ccc2cc(-c3ccc(C=CCCCC(C)O)c(F)c3)ccc2c1. The van der Waals surface area contributed by atoms with Gasteiger partial charge in [-0.25, -0.2) is 4.39 Å². The monoisotopic (exact) mass is 374 g/mol. The van der Waals surface area contributed by atoms with Crippen molar-refractivity contribution in [3.05, 3.63) is 90.3 Å². The summed E-state index contributed by atoms with van der Waals surface area (Å²) in [5.41, 5.74) is 3.72. The van der Waals surface area contributed by atoms with Gasteiger partial charge in [0.25, 0.3) is 0 Å². The number of fused-ring (bicyclic) bond motifs is 1. The number of allylic oxidation sites excluding steroid dienone is 2. The third kappa shape index (κ3) is 5.17. The van der Waals surface area contributed by atoms with Crippen LogP contribution in [0.25, 0.3) is 28.0 Å². The highest BCUT2D eigenvalue weighted by Gasteiger charge is 2.05. The van der Waals surface area contributed by atoms with Gasteiger partial charge in [0.1, 0.15) is 5.82 Å². The van der Waals surface area contributed by atoms with Crippen LogP contribution in [0, 0.1) is 5.82 Å². The van der Waals surface area contributed by atoms with Crippen molar-refractivity contribution in [1.82, 2.24) is 0 Å². The minimum atomic E-state index is -0.278. The van der Waals surface area contributed by atoms with Gasteiger partial charge in [0.15, 0.2) is 0 Å². The number of aliphatic hydroxyl groups excluding tert-OH is 1. The van der Waals surface area contributed by atoms with Crippen molar-refractivity contribution in [3.63, 3.8) is 0 Å². The average molecular weight is 374 g/mol. The van der Waals surface area contributed by atoms with Crippen LogP contribution in [0.4, 0.5) is 4.39 Å². The van der Waals surface area contributed by atoms with Crippen LogP contribution in [-0.2, 0) is 6.42 Å². The molecule has 28 heavy (non-hydrogen) atoms. The fourth-order valence-electron chi connectivity index (χ4n) is 3.35. The Labute approximate surface area is 166 Å². The zero-order valence-electron chi connectivity index (χ0n) is 16.4. The van der Waals surface area contributed by atoms with Gasteiger partial charge in [-0.05, 0) is 72.2 Å². The van der Waals surface area contributed by atoms with E-state index < -0.39 is 0 Å². The number of benzene rings is 3. The van der Waals surface area contributed by atoms with Crippen molar-refractivity contribution < 1.29 is 9.50 Å². The van der Waals surface area contributed by atoms with Gasteiger partial charge >= 0.3 is 0 Å². The third-order valence-corrected chi connectivity index (χ3v) is 4.91. The summed E-state index contributed by atoms with van der Waals surface area (Å²) < 4.78 is 14.5. The molecule has 0 aliphatic rings. The van der Waals surface area contributed by atoms with E-state index >= 15 is 0 Å². The molecular formula is C26H27FO. The van der Waals surface area contributed by atoms with E-state index in [1.165, 1.54) is 10.9 Å². The fraction of sp³-hybridized carbons (Fsp3) is 0.231. The molecule has 3 rings (SSSR count). The number of rotatable bonds is 8. The first-order valence-corrected chi connectivity index (χ1v) is 9.85. The lowest BCUT2D eigenvalue weighted by molar-refractivity contribution is 0.182. The molecule has 0 fully saturated rings. The lowest BCUT2D eigenvalue weighted by atomic mass is 9.98. The molecule has 3 aromatic rings.